The van der Waals surface area contributed by atoms with Gasteiger partial charge in [0.2, 0.25) is 0 Å². The van der Waals surface area contributed by atoms with E-state index in [4.69, 9.17) is 15.0 Å². The molecule has 2 aromatic carbocycles. The number of fused-ring (bicyclic) bond motifs is 4. The van der Waals surface area contributed by atoms with Gasteiger partial charge in [-0.2, -0.15) is 4.68 Å². The van der Waals surface area contributed by atoms with Gasteiger partial charge in [-0.1, -0.05) is 48.5 Å². The molecule has 3 aliphatic heterocycles. The first-order chi connectivity index (χ1) is 16.7. The molecule has 1 aromatic heterocycles. The second-order valence-corrected chi connectivity index (χ2v) is 9.53. The van der Waals surface area contributed by atoms with Gasteiger partial charge < -0.3 is 4.57 Å². The van der Waals surface area contributed by atoms with E-state index in [-0.39, 0.29) is 5.56 Å². The Bertz CT molecular complexity index is 1520. The van der Waals surface area contributed by atoms with Crippen molar-refractivity contribution in [3.8, 4) is 17.1 Å². The molecule has 0 spiro atoms. The zero-order chi connectivity index (χ0) is 23.1. The van der Waals surface area contributed by atoms with E-state index in [2.05, 4.69) is 9.67 Å². The van der Waals surface area contributed by atoms with Crippen LogP contribution in [0.3, 0.4) is 0 Å². The molecule has 0 atom stereocenters. The molecule has 170 valence electrons. The zero-order valence-corrected chi connectivity index (χ0v) is 19.8. The summed E-state index contributed by atoms with van der Waals surface area (Å²) in [4.78, 5) is 27.9. The van der Waals surface area contributed by atoms with E-state index in [0.717, 1.165) is 71.2 Å². The lowest BCUT2D eigenvalue weighted by molar-refractivity contribution is 0.571. The van der Waals surface area contributed by atoms with Gasteiger partial charge in [-0.25, -0.2) is 15.0 Å². The Kier molecular flexibility index (Phi) is 5.37. The number of para-hydroxylation sites is 3. The number of aromatic nitrogens is 6. The molecule has 3 aromatic rings. The number of rotatable bonds is 4. The van der Waals surface area contributed by atoms with E-state index in [1.807, 2.05) is 61.5 Å². The van der Waals surface area contributed by atoms with E-state index < -0.39 is 0 Å². The van der Waals surface area contributed by atoms with E-state index in [1.54, 1.807) is 11.8 Å². The summed E-state index contributed by atoms with van der Waals surface area (Å²) in [5.41, 5.74) is 6.06. The lowest BCUT2D eigenvalue weighted by Crippen LogP contribution is -2.19. The van der Waals surface area contributed by atoms with Crippen LogP contribution >= 0.6 is 11.8 Å². The molecule has 0 N–H and O–H groups in total. The van der Waals surface area contributed by atoms with Crippen LogP contribution in [0.15, 0.2) is 64.5 Å². The quantitative estimate of drug-likeness (QED) is 0.278. The second-order valence-electron chi connectivity index (χ2n) is 8.59. The summed E-state index contributed by atoms with van der Waals surface area (Å²) in [7, 11) is 0. The van der Waals surface area contributed by atoms with Gasteiger partial charge in [-0.05, 0) is 50.5 Å². The number of thioether (sulfide) groups is 1. The van der Waals surface area contributed by atoms with Crippen LogP contribution < -0.4 is 5.56 Å². The monoisotopic (exact) mass is 468 g/mol. The van der Waals surface area contributed by atoms with Crippen molar-refractivity contribution in [2.75, 3.05) is 0 Å². The molecule has 6 rings (SSSR count). The third kappa shape index (κ3) is 3.68. The molecule has 7 nitrogen and oxygen atoms in total. The van der Waals surface area contributed by atoms with Gasteiger partial charge in [-0.15, -0.1) is 5.10 Å². The van der Waals surface area contributed by atoms with E-state index in [9.17, 15) is 4.79 Å². The fourth-order valence-electron chi connectivity index (χ4n) is 4.60. The highest BCUT2D eigenvalue weighted by atomic mass is 32.2. The Hall–Kier alpha value is -3.52. The molecule has 0 aliphatic carbocycles. The molecular formula is C26H24N6OS. The first kappa shape index (κ1) is 21.0. The average molecular weight is 469 g/mol. The first-order valence-corrected chi connectivity index (χ1v) is 12.6. The Balaban J connectivity index is 1.44. The van der Waals surface area contributed by atoms with Crippen molar-refractivity contribution in [2.45, 2.75) is 50.1 Å². The molecule has 0 saturated heterocycles. The number of hydrogen-bond acceptors (Lipinski definition) is 6. The Morgan fingerprint density at radius 3 is 2.50 bits per heavy atom. The van der Waals surface area contributed by atoms with Crippen molar-refractivity contribution in [1.29, 1.82) is 0 Å². The first-order valence-electron chi connectivity index (χ1n) is 11.6. The van der Waals surface area contributed by atoms with E-state index >= 15 is 0 Å². The highest BCUT2D eigenvalue weighted by molar-refractivity contribution is 7.98. The fourth-order valence-corrected chi connectivity index (χ4v) is 5.65. The predicted molar refractivity (Wildman–Crippen MR) is 134 cm³/mol. The lowest BCUT2D eigenvalue weighted by atomic mass is 10.1. The van der Waals surface area contributed by atoms with Crippen LogP contribution in [-0.4, -0.2) is 29.3 Å². The van der Waals surface area contributed by atoms with Crippen molar-refractivity contribution in [2.24, 2.45) is 0 Å². The Labute approximate surface area is 201 Å². The van der Waals surface area contributed by atoms with E-state index in [1.165, 1.54) is 4.68 Å². The summed E-state index contributed by atoms with van der Waals surface area (Å²) >= 11 is 1.64. The highest BCUT2D eigenvalue weighted by Crippen LogP contribution is 2.32. The normalized spacial score (nSPS) is 13.8. The van der Waals surface area contributed by atoms with Crippen LogP contribution in [0.2, 0.25) is 0 Å². The maximum atomic E-state index is 13.4. The third-order valence-electron chi connectivity index (χ3n) is 6.35. The van der Waals surface area contributed by atoms with Crippen LogP contribution in [-0.2, 0) is 18.7 Å². The van der Waals surface area contributed by atoms with Crippen molar-refractivity contribution in [3.63, 3.8) is 0 Å². The number of nitrogens with zero attached hydrogens (tertiary/aromatic N) is 6. The molecule has 0 radical (unpaired) electrons. The molecule has 0 bridgehead atoms. The molecule has 0 amide bonds. The van der Waals surface area contributed by atoms with Gasteiger partial charge in [-0.3, -0.25) is 4.79 Å². The van der Waals surface area contributed by atoms with Gasteiger partial charge in [0, 0.05) is 18.0 Å². The van der Waals surface area contributed by atoms with Crippen LogP contribution in [0.25, 0.3) is 28.1 Å². The molecule has 4 heterocycles. The van der Waals surface area contributed by atoms with Crippen molar-refractivity contribution in [3.05, 3.63) is 82.0 Å². The number of aryl methyl sites for hydroxylation is 1. The Morgan fingerprint density at radius 1 is 0.912 bits per heavy atom. The molecule has 0 fully saturated rings. The molecular weight excluding hydrogens is 444 g/mol. The SMILES string of the molecule is Cc1nc2ccccc2nc1CSc1nc2nn(-c3ccccc3)c(=O)c-2c2n1CCCCC2. The minimum absolute atomic E-state index is 0.0906. The molecule has 34 heavy (non-hydrogen) atoms. The highest BCUT2D eigenvalue weighted by Gasteiger charge is 2.27. The summed E-state index contributed by atoms with van der Waals surface area (Å²) in [5, 5.41) is 5.52. The molecule has 3 aliphatic rings. The van der Waals surface area contributed by atoms with Crippen LogP contribution in [0.4, 0.5) is 0 Å². The van der Waals surface area contributed by atoms with Crippen LogP contribution in [0.5, 0.6) is 0 Å². The minimum atomic E-state index is -0.0906. The largest absolute Gasteiger partial charge is 0.324 e. The van der Waals surface area contributed by atoms with Gasteiger partial charge in [0.15, 0.2) is 11.0 Å². The summed E-state index contributed by atoms with van der Waals surface area (Å²) in [6.07, 6.45) is 4.14. The predicted octanol–water partition coefficient (Wildman–Crippen LogP) is 4.80. The van der Waals surface area contributed by atoms with Gasteiger partial charge >= 0.3 is 0 Å². The van der Waals surface area contributed by atoms with Gasteiger partial charge in [0.25, 0.3) is 5.56 Å². The van der Waals surface area contributed by atoms with Crippen molar-refractivity contribution >= 4 is 22.8 Å². The number of hydrogen-bond donors (Lipinski definition) is 0. The third-order valence-corrected chi connectivity index (χ3v) is 7.34. The van der Waals surface area contributed by atoms with Crippen LogP contribution in [0, 0.1) is 6.92 Å². The van der Waals surface area contributed by atoms with Gasteiger partial charge in [0.05, 0.1) is 28.1 Å². The van der Waals surface area contributed by atoms with Gasteiger partial charge in [0.1, 0.15) is 5.56 Å². The van der Waals surface area contributed by atoms with Crippen molar-refractivity contribution < 1.29 is 0 Å². The summed E-state index contributed by atoms with van der Waals surface area (Å²) in [5.74, 6) is 1.18. The summed E-state index contributed by atoms with van der Waals surface area (Å²) < 4.78 is 3.72. The Morgan fingerprint density at radius 2 is 1.68 bits per heavy atom. The van der Waals surface area contributed by atoms with Crippen molar-refractivity contribution in [1.82, 2.24) is 29.3 Å². The minimum Gasteiger partial charge on any atom is -0.324 e. The maximum Gasteiger partial charge on any atom is 0.284 e. The number of benzene rings is 2. The van der Waals surface area contributed by atoms with E-state index in [0.29, 0.717) is 17.1 Å². The lowest BCUT2D eigenvalue weighted by Gasteiger charge is -2.17. The molecule has 0 saturated carbocycles. The maximum absolute atomic E-state index is 13.4. The smallest absolute Gasteiger partial charge is 0.284 e. The van der Waals surface area contributed by atoms with Crippen LogP contribution in [0.1, 0.15) is 36.3 Å². The summed E-state index contributed by atoms with van der Waals surface area (Å²) in [6, 6.07) is 17.5. The topological polar surface area (TPSA) is 78.5 Å². The standard InChI is InChI=1S/C26H24N6OS/c1-17-21(28-20-13-8-7-12-19(20)27-17)16-34-26-29-24-23(22-14-6-3-9-15-31(22)26)25(33)32(30-24)18-10-4-2-5-11-18/h2,4-5,7-8,10-13H,3,6,9,14-16H2,1H3. The molecule has 8 heteroatoms. The second kappa shape index (κ2) is 8.68. The zero-order valence-electron chi connectivity index (χ0n) is 18.9. The summed E-state index contributed by atoms with van der Waals surface area (Å²) in [6.45, 7) is 2.86. The molecule has 0 unspecified atom stereocenters. The average Bonchev–Trinajstić information content (AvgIpc) is 3.02. The fraction of sp³-hybridized carbons (Fsp3) is 0.269.